The molecule has 0 aliphatic carbocycles. The Hall–Kier alpha value is -1.41. The molecule has 1 aromatic heterocycles. The van der Waals surface area contributed by atoms with Crippen LogP contribution in [-0.2, 0) is 0 Å². The number of hydrogen-bond acceptors (Lipinski definition) is 2. The van der Waals surface area contributed by atoms with Crippen molar-refractivity contribution in [1.29, 1.82) is 0 Å². The maximum atomic E-state index is 9.80. The van der Waals surface area contributed by atoms with E-state index in [0.29, 0.717) is 0 Å². The van der Waals surface area contributed by atoms with Crippen molar-refractivity contribution >= 4 is 10.9 Å². The molecule has 2 aromatic rings. The first kappa shape index (κ1) is 9.16. The monoisotopic (exact) mass is 187 g/mol. The Kier molecular flexibility index (Phi) is 2.46. The van der Waals surface area contributed by atoms with E-state index < -0.39 is 0 Å². The van der Waals surface area contributed by atoms with Gasteiger partial charge in [-0.05, 0) is 24.1 Å². The van der Waals surface area contributed by atoms with Crippen LogP contribution in [0.15, 0.2) is 36.5 Å². The Bertz CT molecular complexity index is 434. The van der Waals surface area contributed by atoms with Crippen molar-refractivity contribution in [2.45, 2.75) is 19.4 Å². The second kappa shape index (κ2) is 3.76. The third-order valence-electron chi connectivity index (χ3n) is 2.43. The fraction of sp³-hybridized carbons (Fsp3) is 0.250. The number of benzene rings is 1. The largest absolute Gasteiger partial charge is 0.388 e. The summed E-state index contributed by atoms with van der Waals surface area (Å²) in [6, 6.07) is 9.77. The lowest BCUT2D eigenvalue weighted by Gasteiger charge is -2.10. The fourth-order valence-electron chi connectivity index (χ4n) is 1.63. The highest BCUT2D eigenvalue weighted by Gasteiger charge is 2.08. The van der Waals surface area contributed by atoms with E-state index in [9.17, 15) is 5.11 Å². The number of fused-ring (bicyclic) bond motifs is 1. The molecule has 1 aromatic carbocycles. The number of aliphatic hydroxyl groups is 1. The molecular formula is C12H13NO. The predicted octanol–water partition coefficient (Wildman–Crippen LogP) is 2.68. The second-order valence-electron chi connectivity index (χ2n) is 3.34. The van der Waals surface area contributed by atoms with Gasteiger partial charge in [-0.2, -0.15) is 0 Å². The summed E-state index contributed by atoms with van der Waals surface area (Å²) in [5.41, 5.74) is 1.91. The molecule has 2 rings (SSSR count). The van der Waals surface area contributed by atoms with Gasteiger partial charge in [0.15, 0.2) is 0 Å². The maximum Gasteiger partial charge on any atom is 0.0794 e. The van der Waals surface area contributed by atoms with Gasteiger partial charge in [-0.3, -0.25) is 4.98 Å². The lowest BCUT2D eigenvalue weighted by molar-refractivity contribution is 0.175. The van der Waals surface area contributed by atoms with Crippen LogP contribution in [0.25, 0.3) is 10.9 Å². The van der Waals surface area contributed by atoms with E-state index in [1.165, 1.54) is 0 Å². The second-order valence-corrected chi connectivity index (χ2v) is 3.34. The zero-order chi connectivity index (χ0) is 9.97. The number of aliphatic hydroxyl groups excluding tert-OH is 1. The van der Waals surface area contributed by atoms with Crippen molar-refractivity contribution in [1.82, 2.24) is 4.98 Å². The average Bonchev–Trinajstić information content (AvgIpc) is 2.27. The summed E-state index contributed by atoms with van der Waals surface area (Å²) < 4.78 is 0. The molecule has 0 saturated carbocycles. The van der Waals surface area contributed by atoms with Crippen LogP contribution in [0.4, 0.5) is 0 Å². The van der Waals surface area contributed by atoms with Crippen molar-refractivity contribution in [2.75, 3.05) is 0 Å². The third kappa shape index (κ3) is 1.49. The highest BCUT2D eigenvalue weighted by atomic mass is 16.3. The predicted molar refractivity (Wildman–Crippen MR) is 57.0 cm³/mol. The Balaban J connectivity index is 2.65. The zero-order valence-electron chi connectivity index (χ0n) is 8.14. The molecule has 0 spiro atoms. The van der Waals surface area contributed by atoms with E-state index in [1.807, 2.05) is 37.3 Å². The first-order valence-electron chi connectivity index (χ1n) is 4.84. The summed E-state index contributed by atoms with van der Waals surface area (Å²) in [4.78, 5) is 4.25. The Labute approximate surface area is 83.2 Å². The summed E-state index contributed by atoms with van der Waals surface area (Å²) in [5.74, 6) is 0. The molecule has 0 aliphatic heterocycles. The molecule has 0 aliphatic rings. The minimum absolute atomic E-state index is 0.386. The van der Waals surface area contributed by atoms with Crippen LogP contribution in [0.5, 0.6) is 0 Å². The van der Waals surface area contributed by atoms with E-state index >= 15 is 0 Å². The van der Waals surface area contributed by atoms with Gasteiger partial charge in [0.1, 0.15) is 0 Å². The zero-order valence-corrected chi connectivity index (χ0v) is 8.14. The van der Waals surface area contributed by atoms with Crippen LogP contribution in [0.2, 0.25) is 0 Å². The van der Waals surface area contributed by atoms with Crippen LogP contribution in [0, 0.1) is 0 Å². The number of aromatic nitrogens is 1. The van der Waals surface area contributed by atoms with E-state index in [0.717, 1.165) is 22.9 Å². The molecule has 1 unspecified atom stereocenters. The molecule has 0 fully saturated rings. The lowest BCUT2D eigenvalue weighted by Crippen LogP contribution is -1.96. The van der Waals surface area contributed by atoms with E-state index in [-0.39, 0.29) is 6.10 Å². The molecule has 0 bridgehead atoms. The summed E-state index contributed by atoms with van der Waals surface area (Å²) in [5, 5.41) is 10.8. The standard InChI is InChI=1S/C12H13NO/c1-2-12(14)10-7-8-13-11-6-4-3-5-9(10)11/h3-8,12,14H,2H2,1H3. The van der Waals surface area contributed by atoms with Crippen LogP contribution < -0.4 is 0 Å². The van der Waals surface area contributed by atoms with Crippen molar-refractivity contribution in [2.24, 2.45) is 0 Å². The molecule has 14 heavy (non-hydrogen) atoms. The van der Waals surface area contributed by atoms with E-state index in [2.05, 4.69) is 4.98 Å². The van der Waals surface area contributed by atoms with Crippen LogP contribution in [-0.4, -0.2) is 10.1 Å². The van der Waals surface area contributed by atoms with Gasteiger partial charge < -0.3 is 5.11 Å². The van der Waals surface area contributed by atoms with Gasteiger partial charge in [0, 0.05) is 11.6 Å². The molecule has 0 radical (unpaired) electrons. The summed E-state index contributed by atoms with van der Waals surface area (Å²) in [6.45, 7) is 1.97. The number of pyridine rings is 1. The van der Waals surface area contributed by atoms with Crippen molar-refractivity contribution in [3.63, 3.8) is 0 Å². The van der Waals surface area contributed by atoms with Gasteiger partial charge in [0.2, 0.25) is 0 Å². The van der Waals surface area contributed by atoms with Crippen molar-refractivity contribution < 1.29 is 5.11 Å². The first-order valence-corrected chi connectivity index (χ1v) is 4.84. The van der Waals surface area contributed by atoms with Crippen LogP contribution in [0.3, 0.4) is 0 Å². The molecule has 0 amide bonds. The first-order chi connectivity index (χ1) is 6.83. The van der Waals surface area contributed by atoms with Crippen molar-refractivity contribution in [3.05, 3.63) is 42.1 Å². The summed E-state index contributed by atoms with van der Waals surface area (Å²) in [7, 11) is 0. The molecule has 1 N–H and O–H groups in total. The maximum absolute atomic E-state index is 9.80. The Morgan fingerprint density at radius 3 is 2.86 bits per heavy atom. The Morgan fingerprint density at radius 1 is 1.29 bits per heavy atom. The lowest BCUT2D eigenvalue weighted by atomic mass is 10.0. The molecule has 2 nitrogen and oxygen atoms in total. The molecule has 1 heterocycles. The number of hydrogen-bond donors (Lipinski definition) is 1. The average molecular weight is 187 g/mol. The fourth-order valence-corrected chi connectivity index (χ4v) is 1.63. The number of nitrogens with zero attached hydrogens (tertiary/aromatic N) is 1. The third-order valence-corrected chi connectivity index (χ3v) is 2.43. The SMILES string of the molecule is CCC(O)c1ccnc2ccccc12. The molecular weight excluding hydrogens is 174 g/mol. The number of para-hydroxylation sites is 1. The normalized spacial score (nSPS) is 13.0. The van der Waals surface area contributed by atoms with E-state index in [4.69, 9.17) is 0 Å². The summed E-state index contributed by atoms with van der Waals surface area (Å²) >= 11 is 0. The molecule has 0 saturated heterocycles. The van der Waals surface area contributed by atoms with Gasteiger partial charge in [0.05, 0.1) is 11.6 Å². The smallest absolute Gasteiger partial charge is 0.0794 e. The van der Waals surface area contributed by atoms with Gasteiger partial charge >= 0.3 is 0 Å². The van der Waals surface area contributed by atoms with Crippen LogP contribution >= 0.6 is 0 Å². The van der Waals surface area contributed by atoms with Gasteiger partial charge in [-0.25, -0.2) is 0 Å². The van der Waals surface area contributed by atoms with E-state index in [1.54, 1.807) is 6.20 Å². The molecule has 72 valence electrons. The minimum Gasteiger partial charge on any atom is -0.388 e. The number of rotatable bonds is 2. The van der Waals surface area contributed by atoms with Gasteiger partial charge in [-0.1, -0.05) is 25.1 Å². The van der Waals surface area contributed by atoms with Gasteiger partial charge in [0.25, 0.3) is 0 Å². The topological polar surface area (TPSA) is 33.1 Å². The summed E-state index contributed by atoms with van der Waals surface area (Å²) in [6.07, 6.45) is 2.09. The van der Waals surface area contributed by atoms with Crippen molar-refractivity contribution in [3.8, 4) is 0 Å². The quantitative estimate of drug-likeness (QED) is 0.784. The molecule has 1 atom stereocenters. The van der Waals surface area contributed by atoms with Crippen LogP contribution in [0.1, 0.15) is 25.0 Å². The highest BCUT2D eigenvalue weighted by molar-refractivity contribution is 5.82. The molecule has 2 heteroatoms. The highest BCUT2D eigenvalue weighted by Crippen LogP contribution is 2.24. The Morgan fingerprint density at radius 2 is 2.07 bits per heavy atom. The minimum atomic E-state index is -0.386. The van der Waals surface area contributed by atoms with Gasteiger partial charge in [-0.15, -0.1) is 0 Å².